The van der Waals surface area contributed by atoms with Gasteiger partial charge in [0.1, 0.15) is 0 Å². The van der Waals surface area contributed by atoms with Crippen molar-refractivity contribution in [3.63, 3.8) is 0 Å². The average molecular weight is 360 g/mol. The zero-order valence-electron chi connectivity index (χ0n) is 15.2. The van der Waals surface area contributed by atoms with Gasteiger partial charge in [0.2, 0.25) is 0 Å². The molecule has 1 unspecified atom stereocenters. The Balaban J connectivity index is 1.92. The van der Waals surface area contributed by atoms with Gasteiger partial charge in [-0.1, -0.05) is 42.6 Å². The quantitative estimate of drug-likeness (QED) is 0.591. The molecule has 1 heterocycles. The van der Waals surface area contributed by atoms with Crippen molar-refractivity contribution in [3.8, 4) is 0 Å². The topological polar surface area (TPSA) is 42.1 Å². The molecule has 2 N–H and O–H groups in total. The van der Waals surface area contributed by atoms with Crippen molar-refractivity contribution >= 4 is 11.6 Å². The molecule has 1 atom stereocenters. The second-order valence-electron chi connectivity index (χ2n) is 6.65. The van der Waals surface area contributed by atoms with E-state index >= 15 is 0 Å². The van der Waals surface area contributed by atoms with Crippen LogP contribution >= 0.6 is 11.6 Å². The van der Waals surface area contributed by atoms with Gasteiger partial charge in [-0.2, -0.15) is 0 Å². The Hall–Kier alpha value is -1.42. The maximum Gasteiger partial charge on any atom is 0.0478 e. The molecule has 136 valence electrons. The molecule has 0 saturated carbocycles. The molecule has 1 aromatic carbocycles. The summed E-state index contributed by atoms with van der Waals surface area (Å²) >= 11 is 6.05. The predicted octanol–water partition coefficient (Wildman–Crippen LogP) is 4.71. The van der Waals surface area contributed by atoms with Crippen molar-refractivity contribution in [1.29, 1.82) is 0 Å². The molecule has 2 aromatic rings. The zero-order chi connectivity index (χ0) is 17.9. The molecule has 25 heavy (non-hydrogen) atoms. The van der Waals surface area contributed by atoms with Gasteiger partial charge in [-0.3, -0.25) is 4.98 Å². The smallest absolute Gasteiger partial charge is 0.0478 e. The first-order chi connectivity index (χ1) is 12.2. The summed E-state index contributed by atoms with van der Waals surface area (Å²) in [4.78, 5) is 7.01. The molecule has 0 spiro atoms. The van der Waals surface area contributed by atoms with Crippen LogP contribution in [-0.2, 0) is 0 Å². The fraction of sp³-hybridized carbons (Fsp3) is 0.476. The van der Waals surface area contributed by atoms with Crippen LogP contribution < -0.4 is 5.73 Å². The van der Waals surface area contributed by atoms with Crippen molar-refractivity contribution in [1.82, 2.24) is 9.88 Å². The summed E-state index contributed by atoms with van der Waals surface area (Å²) in [5.41, 5.74) is 7.95. The van der Waals surface area contributed by atoms with Gasteiger partial charge in [-0.15, -0.1) is 0 Å². The van der Waals surface area contributed by atoms with E-state index in [0.29, 0.717) is 5.92 Å². The van der Waals surface area contributed by atoms with Crippen molar-refractivity contribution in [2.75, 3.05) is 26.7 Å². The van der Waals surface area contributed by atoms with Crippen LogP contribution in [0.1, 0.15) is 49.3 Å². The number of nitrogens with two attached hydrogens (primary N) is 1. The minimum atomic E-state index is 0.304. The molecule has 4 heteroatoms. The van der Waals surface area contributed by atoms with Gasteiger partial charge in [0, 0.05) is 22.8 Å². The van der Waals surface area contributed by atoms with Gasteiger partial charge >= 0.3 is 0 Å². The normalized spacial score (nSPS) is 12.5. The second-order valence-corrected chi connectivity index (χ2v) is 7.09. The van der Waals surface area contributed by atoms with E-state index in [4.69, 9.17) is 17.3 Å². The fourth-order valence-electron chi connectivity index (χ4n) is 3.10. The maximum atomic E-state index is 6.05. The number of halogens is 1. The third kappa shape index (κ3) is 7.15. The van der Waals surface area contributed by atoms with Crippen molar-refractivity contribution < 1.29 is 0 Å². The molecule has 0 saturated heterocycles. The monoisotopic (exact) mass is 359 g/mol. The molecule has 2 rings (SSSR count). The van der Waals surface area contributed by atoms with Crippen LogP contribution in [0.4, 0.5) is 0 Å². The molecule has 0 aliphatic heterocycles. The van der Waals surface area contributed by atoms with Crippen LogP contribution in [0.2, 0.25) is 5.02 Å². The summed E-state index contributed by atoms with van der Waals surface area (Å²) in [7, 11) is 2.21. The Morgan fingerprint density at radius 1 is 1.00 bits per heavy atom. The van der Waals surface area contributed by atoms with E-state index in [9.17, 15) is 0 Å². The standard InChI is InChI=1S/C21H30ClN3/c1-25(16-7-3-2-5-14-23)17-13-20(21-8-4-6-15-24-21)18-9-11-19(22)12-10-18/h4,6,8-12,15,20H,2-3,5,7,13-14,16-17,23H2,1H3. The van der Waals surface area contributed by atoms with E-state index in [1.807, 2.05) is 24.4 Å². The summed E-state index contributed by atoms with van der Waals surface area (Å²) < 4.78 is 0. The summed E-state index contributed by atoms with van der Waals surface area (Å²) in [5, 5.41) is 0.776. The maximum absolute atomic E-state index is 6.05. The minimum Gasteiger partial charge on any atom is -0.330 e. The number of hydrogen-bond donors (Lipinski definition) is 1. The molecule has 0 radical (unpaired) electrons. The number of nitrogens with zero attached hydrogens (tertiary/aromatic N) is 2. The molecule has 0 aliphatic rings. The van der Waals surface area contributed by atoms with Crippen molar-refractivity contribution in [2.45, 2.75) is 38.0 Å². The Morgan fingerprint density at radius 2 is 1.76 bits per heavy atom. The number of rotatable bonds is 11. The van der Waals surface area contributed by atoms with Crippen molar-refractivity contribution in [2.24, 2.45) is 5.73 Å². The average Bonchev–Trinajstić information content (AvgIpc) is 2.64. The minimum absolute atomic E-state index is 0.304. The molecular weight excluding hydrogens is 330 g/mol. The summed E-state index contributed by atoms with van der Waals surface area (Å²) in [6.07, 6.45) is 7.82. The summed E-state index contributed by atoms with van der Waals surface area (Å²) in [5.74, 6) is 0.304. The number of hydrogen-bond acceptors (Lipinski definition) is 3. The molecule has 0 amide bonds. The zero-order valence-corrected chi connectivity index (χ0v) is 16.0. The van der Waals surface area contributed by atoms with E-state index in [2.05, 4.69) is 41.2 Å². The van der Waals surface area contributed by atoms with Gasteiger partial charge in [-0.05, 0) is 75.8 Å². The molecule has 0 bridgehead atoms. The van der Waals surface area contributed by atoms with E-state index in [1.165, 1.54) is 24.8 Å². The van der Waals surface area contributed by atoms with E-state index < -0.39 is 0 Å². The SMILES string of the molecule is CN(CCCCCCN)CCC(c1ccc(Cl)cc1)c1ccccn1. The summed E-state index contributed by atoms with van der Waals surface area (Å²) in [6.45, 7) is 3.00. The lowest BCUT2D eigenvalue weighted by molar-refractivity contribution is 0.313. The highest BCUT2D eigenvalue weighted by Gasteiger charge is 2.16. The van der Waals surface area contributed by atoms with E-state index in [0.717, 1.165) is 43.2 Å². The highest BCUT2D eigenvalue weighted by Crippen LogP contribution is 2.27. The predicted molar refractivity (Wildman–Crippen MR) is 107 cm³/mol. The van der Waals surface area contributed by atoms with E-state index in [1.54, 1.807) is 0 Å². The lowest BCUT2D eigenvalue weighted by atomic mass is 9.92. The Kier molecular flexibility index (Phi) is 8.95. The molecule has 1 aromatic heterocycles. The number of aromatic nitrogens is 1. The van der Waals surface area contributed by atoms with Crippen LogP contribution in [0.15, 0.2) is 48.7 Å². The summed E-state index contributed by atoms with van der Waals surface area (Å²) in [6, 6.07) is 14.3. The third-order valence-corrected chi connectivity index (χ3v) is 4.86. The lowest BCUT2D eigenvalue weighted by Gasteiger charge is -2.22. The van der Waals surface area contributed by atoms with Gasteiger partial charge in [0.25, 0.3) is 0 Å². The molecule has 0 fully saturated rings. The van der Waals surface area contributed by atoms with Crippen molar-refractivity contribution in [3.05, 3.63) is 64.9 Å². The van der Waals surface area contributed by atoms with Gasteiger partial charge in [-0.25, -0.2) is 0 Å². The number of unbranched alkanes of at least 4 members (excludes halogenated alkanes) is 3. The Morgan fingerprint density at radius 3 is 2.44 bits per heavy atom. The van der Waals surface area contributed by atoms with Gasteiger partial charge in [0.15, 0.2) is 0 Å². The number of benzene rings is 1. The first-order valence-electron chi connectivity index (χ1n) is 9.25. The lowest BCUT2D eigenvalue weighted by Crippen LogP contribution is -2.23. The van der Waals surface area contributed by atoms with Crippen LogP contribution in [0.5, 0.6) is 0 Å². The third-order valence-electron chi connectivity index (χ3n) is 4.61. The number of pyridine rings is 1. The Labute approximate surface area is 157 Å². The largest absolute Gasteiger partial charge is 0.330 e. The second kappa shape index (κ2) is 11.2. The van der Waals surface area contributed by atoms with Gasteiger partial charge < -0.3 is 10.6 Å². The molecule has 3 nitrogen and oxygen atoms in total. The highest BCUT2D eigenvalue weighted by atomic mass is 35.5. The Bertz CT molecular complexity index is 586. The van der Waals surface area contributed by atoms with E-state index in [-0.39, 0.29) is 0 Å². The van der Waals surface area contributed by atoms with Crippen LogP contribution in [0.3, 0.4) is 0 Å². The highest BCUT2D eigenvalue weighted by molar-refractivity contribution is 6.30. The van der Waals surface area contributed by atoms with Crippen LogP contribution in [0, 0.1) is 0 Å². The van der Waals surface area contributed by atoms with Gasteiger partial charge in [0.05, 0.1) is 0 Å². The van der Waals surface area contributed by atoms with Crippen LogP contribution in [-0.4, -0.2) is 36.6 Å². The molecule has 0 aliphatic carbocycles. The first kappa shape index (κ1) is 19.9. The van der Waals surface area contributed by atoms with Crippen LogP contribution in [0.25, 0.3) is 0 Å². The molecular formula is C21H30ClN3. The fourth-order valence-corrected chi connectivity index (χ4v) is 3.23. The first-order valence-corrected chi connectivity index (χ1v) is 9.63.